The van der Waals surface area contributed by atoms with Crippen LogP contribution >= 0.6 is 0 Å². The number of hydrogen-bond donors (Lipinski definition) is 1. The number of allylic oxidation sites excluding steroid dienone is 6. The molecule has 0 fully saturated rings. The second-order valence-electron chi connectivity index (χ2n) is 8.29. The van der Waals surface area contributed by atoms with Crippen molar-refractivity contribution < 1.29 is 0 Å². The SMILES string of the molecule is C=C/C=C\C(=C(/C)C=C)c1ccc2c(c1)/C=C\NC(C)(C)Cc1ccccc1C2. The van der Waals surface area contributed by atoms with Crippen molar-refractivity contribution in [3.8, 4) is 0 Å². The summed E-state index contributed by atoms with van der Waals surface area (Å²) in [5.74, 6) is 0. The van der Waals surface area contributed by atoms with Gasteiger partial charge in [0.05, 0.1) is 0 Å². The van der Waals surface area contributed by atoms with Gasteiger partial charge in [0, 0.05) is 5.54 Å². The van der Waals surface area contributed by atoms with E-state index in [1.165, 1.54) is 33.4 Å². The summed E-state index contributed by atoms with van der Waals surface area (Å²) < 4.78 is 0. The molecule has 3 rings (SSSR count). The zero-order chi connectivity index (χ0) is 20.9. The summed E-state index contributed by atoms with van der Waals surface area (Å²) in [6.45, 7) is 14.4. The van der Waals surface area contributed by atoms with Crippen LogP contribution in [0.1, 0.15) is 48.6 Å². The normalized spacial score (nSPS) is 17.3. The van der Waals surface area contributed by atoms with Gasteiger partial charge in [0.25, 0.3) is 0 Å². The first-order valence-corrected chi connectivity index (χ1v) is 10.2. The van der Waals surface area contributed by atoms with Crippen LogP contribution in [0.5, 0.6) is 0 Å². The molecule has 2 aromatic rings. The second kappa shape index (κ2) is 8.96. The van der Waals surface area contributed by atoms with E-state index in [2.05, 4.69) is 100 Å². The molecule has 0 aromatic heterocycles. The number of rotatable bonds is 4. The molecule has 0 saturated heterocycles. The van der Waals surface area contributed by atoms with Crippen LogP contribution in [0.15, 0.2) is 91.7 Å². The summed E-state index contributed by atoms with van der Waals surface area (Å²) in [4.78, 5) is 0. The van der Waals surface area contributed by atoms with E-state index >= 15 is 0 Å². The molecule has 1 aliphatic rings. The molecule has 0 amide bonds. The van der Waals surface area contributed by atoms with Gasteiger partial charge in [-0.05, 0) is 90.9 Å². The minimum absolute atomic E-state index is 0.00108. The first-order valence-electron chi connectivity index (χ1n) is 10.2. The van der Waals surface area contributed by atoms with Crippen LogP contribution in [0.25, 0.3) is 11.6 Å². The molecule has 1 nitrogen and oxygen atoms in total. The van der Waals surface area contributed by atoms with Crippen molar-refractivity contribution in [2.75, 3.05) is 0 Å². The topological polar surface area (TPSA) is 12.0 Å². The van der Waals surface area contributed by atoms with Gasteiger partial charge in [0.2, 0.25) is 0 Å². The minimum atomic E-state index is -0.00108. The Morgan fingerprint density at radius 1 is 1.03 bits per heavy atom. The number of hydrogen-bond acceptors (Lipinski definition) is 1. The largest absolute Gasteiger partial charge is 0.386 e. The Morgan fingerprint density at radius 2 is 1.79 bits per heavy atom. The lowest BCUT2D eigenvalue weighted by atomic mass is 9.87. The van der Waals surface area contributed by atoms with E-state index in [-0.39, 0.29) is 5.54 Å². The maximum atomic E-state index is 3.95. The molecule has 0 spiro atoms. The summed E-state index contributed by atoms with van der Waals surface area (Å²) in [5, 5.41) is 3.59. The van der Waals surface area contributed by atoms with Gasteiger partial charge in [-0.3, -0.25) is 0 Å². The molecule has 0 radical (unpaired) electrons. The monoisotopic (exact) mass is 381 g/mol. The molecule has 1 N–H and O–H groups in total. The third-order valence-electron chi connectivity index (χ3n) is 5.46. The average Bonchev–Trinajstić information content (AvgIpc) is 2.70. The highest BCUT2D eigenvalue weighted by Gasteiger charge is 2.19. The van der Waals surface area contributed by atoms with Crippen molar-refractivity contribution in [3.05, 3.63) is 120 Å². The lowest BCUT2D eigenvalue weighted by Crippen LogP contribution is -2.38. The summed E-state index contributed by atoms with van der Waals surface area (Å²) in [6, 6.07) is 15.6. The molecule has 0 bridgehead atoms. The van der Waals surface area contributed by atoms with Crippen molar-refractivity contribution in [3.63, 3.8) is 0 Å². The third kappa shape index (κ3) is 5.06. The lowest BCUT2D eigenvalue weighted by Gasteiger charge is -2.28. The number of fused-ring (bicyclic) bond motifs is 2. The standard InChI is InChI=1S/C28H31N/c1-6-8-13-27(21(3)7-2)25-15-14-23-18-22-11-9-10-12-26(22)20-28(4,5)29-17-16-24(23)19-25/h6-17,19,29H,1-2,18,20H2,3-5H3/b13-8-,17-16-,27-21-. The van der Waals surface area contributed by atoms with Gasteiger partial charge in [0.1, 0.15) is 0 Å². The van der Waals surface area contributed by atoms with E-state index in [1.54, 1.807) is 6.08 Å². The first kappa shape index (κ1) is 20.7. The zero-order valence-electron chi connectivity index (χ0n) is 17.8. The Labute approximate surface area is 175 Å². The Kier molecular flexibility index (Phi) is 6.39. The molecule has 0 saturated carbocycles. The maximum Gasteiger partial charge on any atom is 0.0352 e. The van der Waals surface area contributed by atoms with Crippen LogP contribution in [0.2, 0.25) is 0 Å². The summed E-state index contributed by atoms with van der Waals surface area (Å²) in [5.41, 5.74) is 8.89. The van der Waals surface area contributed by atoms with Crippen LogP contribution in [0.3, 0.4) is 0 Å². The van der Waals surface area contributed by atoms with Crippen molar-refractivity contribution in [2.24, 2.45) is 0 Å². The average molecular weight is 382 g/mol. The molecule has 1 heteroatoms. The zero-order valence-corrected chi connectivity index (χ0v) is 17.8. The Hall–Kier alpha value is -3.06. The highest BCUT2D eigenvalue weighted by molar-refractivity contribution is 5.80. The fraction of sp³-hybridized carbons (Fsp3) is 0.214. The van der Waals surface area contributed by atoms with Gasteiger partial charge in [-0.1, -0.05) is 73.9 Å². The molecule has 0 unspecified atom stereocenters. The highest BCUT2D eigenvalue weighted by atomic mass is 14.9. The minimum Gasteiger partial charge on any atom is -0.386 e. The molecule has 29 heavy (non-hydrogen) atoms. The van der Waals surface area contributed by atoms with Gasteiger partial charge < -0.3 is 5.32 Å². The van der Waals surface area contributed by atoms with Crippen molar-refractivity contribution in [2.45, 2.75) is 39.2 Å². The van der Waals surface area contributed by atoms with E-state index in [4.69, 9.17) is 0 Å². The van der Waals surface area contributed by atoms with E-state index in [0.29, 0.717) is 0 Å². The van der Waals surface area contributed by atoms with Gasteiger partial charge in [-0.25, -0.2) is 0 Å². The fourth-order valence-electron chi connectivity index (χ4n) is 3.80. The van der Waals surface area contributed by atoms with Gasteiger partial charge >= 0.3 is 0 Å². The third-order valence-corrected chi connectivity index (χ3v) is 5.46. The quantitative estimate of drug-likeness (QED) is 0.570. The Balaban J connectivity index is 2.12. The fourth-order valence-corrected chi connectivity index (χ4v) is 3.80. The number of nitrogens with one attached hydrogen (secondary N) is 1. The Bertz CT molecular complexity index is 999. The smallest absolute Gasteiger partial charge is 0.0352 e. The van der Waals surface area contributed by atoms with Crippen LogP contribution in [0, 0.1) is 0 Å². The number of benzene rings is 2. The van der Waals surface area contributed by atoms with Crippen molar-refractivity contribution in [1.82, 2.24) is 5.32 Å². The molecule has 148 valence electrons. The van der Waals surface area contributed by atoms with E-state index < -0.39 is 0 Å². The Morgan fingerprint density at radius 3 is 2.52 bits per heavy atom. The van der Waals surface area contributed by atoms with E-state index in [1.807, 2.05) is 12.2 Å². The lowest BCUT2D eigenvalue weighted by molar-refractivity contribution is 0.440. The van der Waals surface area contributed by atoms with E-state index in [0.717, 1.165) is 18.4 Å². The summed E-state index contributed by atoms with van der Waals surface area (Å²) >= 11 is 0. The predicted octanol–water partition coefficient (Wildman–Crippen LogP) is 6.87. The van der Waals surface area contributed by atoms with Crippen molar-refractivity contribution >= 4 is 11.6 Å². The maximum absolute atomic E-state index is 3.95. The van der Waals surface area contributed by atoms with Crippen LogP contribution < -0.4 is 5.32 Å². The summed E-state index contributed by atoms with van der Waals surface area (Å²) in [6.07, 6.45) is 14.0. The molecular formula is C28H31N. The van der Waals surface area contributed by atoms with Gasteiger partial charge in [-0.15, -0.1) is 0 Å². The van der Waals surface area contributed by atoms with Crippen LogP contribution in [-0.4, -0.2) is 5.54 Å². The molecule has 2 aromatic carbocycles. The summed E-state index contributed by atoms with van der Waals surface area (Å²) in [7, 11) is 0. The molecule has 1 aliphatic heterocycles. The molecule has 0 atom stereocenters. The first-order chi connectivity index (χ1) is 13.9. The molecule has 1 heterocycles. The van der Waals surface area contributed by atoms with Crippen LogP contribution in [0.4, 0.5) is 0 Å². The van der Waals surface area contributed by atoms with Crippen LogP contribution in [-0.2, 0) is 12.8 Å². The van der Waals surface area contributed by atoms with Gasteiger partial charge in [0.15, 0.2) is 0 Å². The van der Waals surface area contributed by atoms with E-state index in [9.17, 15) is 0 Å². The second-order valence-corrected chi connectivity index (χ2v) is 8.29. The molecule has 0 aliphatic carbocycles. The predicted molar refractivity (Wildman–Crippen MR) is 128 cm³/mol. The van der Waals surface area contributed by atoms with Gasteiger partial charge in [-0.2, -0.15) is 0 Å². The van der Waals surface area contributed by atoms with Crippen molar-refractivity contribution in [1.29, 1.82) is 0 Å². The highest BCUT2D eigenvalue weighted by Crippen LogP contribution is 2.28. The molecular weight excluding hydrogens is 350 g/mol.